The van der Waals surface area contributed by atoms with Crippen LogP contribution in [0.1, 0.15) is 23.7 Å². The molecule has 0 saturated carbocycles. The molecule has 2 aliphatic heterocycles. The Morgan fingerprint density at radius 3 is 2.90 bits per heavy atom. The first-order chi connectivity index (χ1) is 10.0. The van der Waals surface area contributed by atoms with Crippen LogP contribution in [-0.4, -0.2) is 43.2 Å². The molecule has 1 amide bonds. The molecule has 6 nitrogen and oxygen atoms in total. The summed E-state index contributed by atoms with van der Waals surface area (Å²) in [4.78, 5) is 25.8. The zero-order chi connectivity index (χ0) is 15.0. The monoisotopic (exact) mass is 290 g/mol. The lowest BCUT2D eigenvalue weighted by Gasteiger charge is -2.35. The van der Waals surface area contributed by atoms with Crippen molar-refractivity contribution in [1.29, 1.82) is 0 Å². The molecular formula is C15H18N2O4. The minimum absolute atomic E-state index is 0.0274. The van der Waals surface area contributed by atoms with Crippen LogP contribution in [0.25, 0.3) is 0 Å². The summed E-state index contributed by atoms with van der Waals surface area (Å²) in [5.74, 6) is -0.728. The van der Waals surface area contributed by atoms with Crippen molar-refractivity contribution >= 4 is 17.6 Å². The van der Waals surface area contributed by atoms with E-state index >= 15 is 0 Å². The lowest BCUT2D eigenvalue weighted by molar-refractivity contribution is -0.126. The van der Waals surface area contributed by atoms with Gasteiger partial charge in [0.25, 0.3) is 0 Å². The van der Waals surface area contributed by atoms with Crippen molar-refractivity contribution in [2.24, 2.45) is 5.41 Å². The fourth-order valence-corrected chi connectivity index (χ4v) is 2.95. The molecule has 1 saturated heterocycles. The predicted octanol–water partition coefficient (Wildman–Crippen LogP) is 1.11. The summed E-state index contributed by atoms with van der Waals surface area (Å²) in [6, 6.07) is 4.88. The van der Waals surface area contributed by atoms with Gasteiger partial charge in [0, 0.05) is 6.54 Å². The van der Waals surface area contributed by atoms with E-state index in [2.05, 4.69) is 5.32 Å². The Hall–Kier alpha value is -2.08. The van der Waals surface area contributed by atoms with E-state index in [-0.39, 0.29) is 11.5 Å². The maximum Gasteiger partial charge on any atom is 0.339 e. The summed E-state index contributed by atoms with van der Waals surface area (Å²) in [5, 5.41) is 12.4. The second-order valence-electron chi connectivity index (χ2n) is 5.75. The maximum atomic E-state index is 12.8. The molecule has 0 aliphatic carbocycles. The standard InChI is InChI=1S/C15H18N2O4/c1-15(5-6-16-9-15)14(20)17-7-8-21-12-10(13(18)19)3-2-4-11(12)17/h2-4,16H,5-9H2,1H3,(H,18,19). The number of fused-ring (bicyclic) bond motifs is 1. The first-order valence-electron chi connectivity index (χ1n) is 7.05. The Balaban J connectivity index is 1.99. The smallest absolute Gasteiger partial charge is 0.339 e. The van der Waals surface area contributed by atoms with Crippen molar-refractivity contribution in [2.75, 3.05) is 31.1 Å². The fourth-order valence-electron chi connectivity index (χ4n) is 2.95. The number of nitrogens with one attached hydrogen (secondary N) is 1. The lowest BCUT2D eigenvalue weighted by Crippen LogP contribution is -2.47. The number of benzene rings is 1. The second kappa shape index (κ2) is 5.04. The highest BCUT2D eigenvalue weighted by molar-refractivity contribution is 6.02. The van der Waals surface area contributed by atoms with Gasteiger partial charge in [-0.15, -0.1) is 0 Å². The van der Waals surface area contributed by atoms with E-state index in [9.17, 15) is 14.7 Å². The van der Waals surface area contributed by atoms with Gasteiger partial charge in [-0.2, -0.15) is 0 Å². The molecule has 112 valence electrons. The zero-order valence-electron chi connectivity index (χ0n) is 11.9. The highest BCUT2D eigenvalue weighted by Gasteiger charge is 2.41. The number of carboxylic acid groups (broad SMARTS) is 1. The quantitative estimate of drug-likeness (QED) is 0.853. The van der Waals surface area contributed by atoms with Gasteiger partial charge in [-0.25, -0.2) is 4.79 Å². The molecule has 1 atom stereocenters. The fraction of sp³-hybridized carbons (Fsp3) is 0.467. The lowest BCUT2D eigenvalue weighted by atomic mass is 9.87. The summed E-state index contributed by atoms with van der Waals surface area (Å²) >= 11 is 0. The van der Waals surface area contributed by atoms with Gasteiger partial charge in [0.2, 0.25) is 5.91 Å². The largest absolute Gasteiger partial charge is 0.489 e. The number of hydrogen-bond donors (Lipinski definition) is 2. The summed E-state index contributed by atoms with van der Waals surface area (Å²) in [5.41, 5.74) is 0.215. The molecule has 6 heteroatoms. The SMILES string of the molecule is CC1(C(=O)N2CCOc3c(C(=O)O)cccc32)CCNC1. The summed E-state index contributed by atoms with van der Waals surface area (Å²) in [6.07, 6.45) is 0.789. The third-order valence-electron chi connectivity index (χ3n) is 4.21. The van der Waals surface area contributed by atoms with E-state index in [0.717, 1.165) is 13.0 Å². The predicted molar refractivity (Wildman–Crippen MR) is 76.8 cm³/mol. The van der Waals surface area contributed by atoms with Crippen molar-refractivity contribution < 1.29 is 19.4 Å². The van der Waals surface area contributed by atoms with Crippen molar-refractivity contribution in [3.63, 3.8) is 0 Å². The van der Waals surface area contributed by atoms with E-state index in [4.69, 9.17) is 4.74 Å². The Bertz CT molecular complexity index is 593. The molecule has 3 rings (SSSR count). The van der Waals surface area contributed by atoms with Gasteiger partial charge in [-0.1, -0.05) is 6.07 Å². The van der Waals surface area contributed by atoms with Crippen molar-refractivity contribution in [2.45, 2.75) is 13.3 Å². The summed E-state index contributed by atoms with van der Waals surface area (Å²) in [7, 11) is 0. The van der Waals surface area contributed by atoms with Crippen LogP contribution < -0.4 is 15.0 Å². The van der Waals surface area contributed by atoms with Crippen LogP contribution >= 0.6 is 0 Å². The Morgan fingerprint density at radius 2 is 2.24 bits per heavy atom. The second-order valence-corrected chi connectivity index (χ2v) is 5.75. The van der Waals surface area contributed by atoms with Crippen LogP contribution in [-0.2, 0) is 4.79 Å². The van der Waals surface area contributed by atoms with Crippen LogP contribution in [0, 0.1) is 5.41 Å². The van der Waals surface area contributed by atoms with E-state index in [1.54, 1.807) is 17.0 Å². The number of carbonyl (C=O) groups is 2. The molecule has 1 unspecified atom stereocenters. The van der Waals surface area contributed by atoms with Gasteiger partial charge in [-0.3, -0.25) is 4.79 Å². The third kappa shape index (κ3) is 2.25. The molecular weight excluding hydrogens is 272 g/mol. The van der Waals surface area contributed by atoms with Gasteiger partial charge >= 0.3 is 5.97 Å². The van der Waals surface area contributed by atoms with E-state index < -0.39 is 11.4 Å². The number of nitrogens with zero attached hydrogens (tertiary/aromatic N) is 1. The number of hydrogen-bond acceptors (Lipinski definition) is 4. The summed E-state index contributed by atoms with van der Waals surface area (Å²) in [6.45, 7) is 4.19. The van der Waals surface area contributed by atoms with Crippen LogP contribution in [0.15, 0.2) is 18.2 Å². The minimum atomic E-state index is -1.05. The minimum Gasteiger partial charge on any atom is -0.489 e. The maximum absolute atomic E-state index is 12.8. The molecule has 0 aromatic heterocycles. The zero-order valence-corrected chi connectivity index (χ0v) is 11.9. The van der Waals surface area contributed by atoms with Crippen LogP contribution in [0.3, 0.4) is 0 Å². The number of amides is 1. The Labute approximate surface area is 122 Å². The number of carbonyl (C=O) groups excluding carboxylic acids is 1. The molecule has 21 heavy (non-hydrogen) atoms. The number of anilines is 1. The molecule has 1 fully saturated rings. The first-order valence-corrected chi connectivity index (χ1v) is 7.05. The average molecular weight is 290 g/mol. The number of carboxylic acids is 1. The van der Waals surface area contributed by atoms with Crippen molar-refractivity contribution in [3.05, 3.63) is 23.8 Å². The number of para-hydroxylation sites is 1. The third-order valence-corrected chi connectivity index (χ3v) is 4.21. The molecule has 0 spiro atoms. The van der Waals surface area contributed by atoms with Crippen LogP contribution in [0.5, 0.6) is 5.75 Å². The highest BCUT2D eigenvalue weighted by Crippen LogP contribution is 2.38. The molecule has 2 N–H and O–H groups in total. The van der Waals surface area contributed by atoms with E-state index in [1.807, 2.05) is 6.92 Å². The topological polar surface area (TPSA) is 78.9 Å². The van der Waals surface area contributed by atoms with Crippen LogP contribution in [0.2, 0.25) is 0 Å². The first kappa shape index (κ1) is 13.9. The molecule has 0 bridgehead atoms. The van der Waals surface area contributed by atoms with E-state index in [1.165, 1.54) is 6.07 Å². The molecule has 1 aromatic rings. The van der Waals surface area contributed by atoms with Gasteiger partial charge in [-0.05, 0) is 32.0 Å². The Morgan fingerprint density at radius 1 is 1.43 bits per heavy atom. The molecule has 2 aliphatic rings. The van der Waals surface area contributed by atoms with E-state index in [0.29, 0.717) is 31.1 Å². The molecule has 2 heterocycles. The van der Waals surface area contributed by atoms with Gasteiger partial charge in [0.1, 0.15) is 12.2 Å². The van der Waals surface area contributed by atoms with Crippen molar-refractivity contribution in [1.82, 2.24) is 5.32 Å². The van der Waals surface area contributed by atoms with Crippen molar-refractivity contribution in [3.8, 4) is 5.75 Å². The number of ether oxygens (including phenoxy) is 1. The summed E-state index contributed by atoms with van der Waals surface area (Å²) < 4.78 is 5.50. The Kier molecular flexibility index (Phi) is 3.33. The van der Waals surface area contributed by atoms with Crippen LogP contribution in [0.4, 0.5) is 5.69 Å². The number of rotatable bonds is 2. The normalized spacial score (nSPS) is 24.3. The van der Waals surface area contributed by atoms with Gasteiger partial charge < -0.3 is 20.1 Å². The molecule has 1 aromatic carbocycles. The van der Waals surface area contributed by atoms with Gasteiger partial charge in [0.05, 0.1) is 17.6 Å². The molecule has 0 radical (unpaired) electrons. The van der Waals surface area contributed by atoms with Gasteiger partial charge in [0.15, 0.2) is 5.75 Å². The number of aromatic carboxylic acids is 1. The average Bonchev–Trinajstić information content (AvgIpc) is 2.93. The highest BCUT2D eigenvalue weighted by atomic mass is 16.5.